The minimum Gasteiger partial charge on any atom is -0.310 e. The Morgan fingerprint density at radius 1 is 1.39 bits per heavy atom. The van der Waals surface area contributed by atoms with Crippen molar-refractivity contribution in [3.05, 3.63) is 34.3 Å². The van der Waals surface area contributed by atoms with Gasteiger partial charge in [-0.1, -0.05) is 17.7 Å². The van der Waals surface area contributed by atoms with E-state index in [9.17, 15) is 8.42 Å². The van der Waals surface area contributed by atoms with Gasteiger partial charge in [0.2, 0.25) is 0 Å². The van der Waals surface area contributed by atoms with E-state index in [-0.39, 0.29) is 11.8 Å². The molecule has 0 radical (unpaired) electrons. The fraction of sp³-hybridized carbons (Fsp3) is 0.538. The van der Waals surface area contributed by atoms with Gasteiger partial charge in [-0.3, -0.25) is 0 Å². The molecule has 2 atom stereocenters. The lowest BCUT2D eigenvalue weighted by atomic mass is 10.1. The highest BCUT2D eigenvalue weighted by Crippen LogP contribution is 2.25. The van der Waals surface area contributed by atoms with Crippen molar-refractivity contribution in [2.45, 2.75) is 31.8 Å². The molecule has 0 aromatic heterocycles. The molecule has 1 aliphatic carbocycles. The Labute approximate surface area is 113 Å². The molecule has 2 rings (SSSR count). The van der Waals surface area contributed by atoms with Gasteiger partial charge >= 0.3 is 0 Å². The van der Waals surface area contributed by atoms with Crippen molar-refractivity contribution in [2.75, 3.05) is 12.0 Å². The number of hydrogen-bond donors (Lipinski definition) is 1. The third-order valence-electron chi connectivity index (χ3n) is 3.17. The SMILES string of the molecule is CC(CS(C)(=O)=O)NC1Cc2ccc(Cl)cc2C1. The van der Waals surface area contributed by atoms with Gasteiger partial charge in [-0.15, -0.1) is 0 Å². The Morgan fingerprint density at radius 3 is 2.72 bits per heavy atom. The maximum atomic E-state index is 11.2. The van der Waals surface area contributed by atoms with Crippen LogP contribution in [0.5, 0.6) is 0 Å². The highest BCUT2D eigenvalue weighted by atomic mass is 35.5. The lowest BCUT2D eigenvalue weighted by Gasteiger charge is -2.18. The molecule has 1 aliphatic rings. The Bertz CT molecular complexity index is 542. The van der Waals surface area contributed by atoms with Crippen LogP contribution in [-0.4, -0.2) is 32.5 Å². The van der Waals surface area contributed by atoms with Crippen molar-refractivity contribution in [1.82, 2.24) is 5.32 Å². The number of benzene rings is 1. The van der Waals surface area contributed by atoms with Gasteiger partial charge in [-0.25, -0.2) is 8.42 Å². The summed E-state index contributed by atoms with van der Waals surface area (Å²) in [6, 6.07) is 6.26. The quantitative estimate of drug-likeness (QED) is 0.919. The Morgan fingerprint density at radius 2 is 2.06 bits per heavy atom. The van der Waals surface area contributed by atoms with Gasteiger partial charge in [0, 0.05) is 23.4 Å². The molecule has 3 nitrogen and oxygen atoms in total. The number of fused-ring (bicyclic) bond motifs is 1. The lowest BCUT2D eigenvalue weighted by molar-refractivity contribution is 0.475. The summed E-state index contributed by atoms with van der Waals surface area (Å²) >= 11 is 5.96. The summed E-state index contributed by atoms with van der Waals surface area (Å²) in [6.07, 6.45) is 3.14. The van der Waals surface area contributed by atoms with Gasteiger partial charge < -0.3 is 5.32 Å². The van der Waals surface area contributed by atoms with Gasteiger partial charge in [-0.05, 0) is 43.0 Å². The Balaban J connectivity index is 1.95. The second kappa shape index (κ2) is 5.19. The monoisotopic (exact) mass is 287 g/mol. The van der Waals surface area contributed by atoms with E-state index in [1.54, 1.807) is 0 Å². The van der Waals surface area contributed by atoms with Crippen LogP contribution in [0.1, 0.15) is 18.1 Å². The average Bonchev–Trinajstić information content (AvgIpc) is 2.55. The lowest BCUT2D eigenvalue weighted by Crippen LogP contribution is -2.40. The summed E-state index contributed by atoms with van der Waals surface area (Å²) in [7, 11) is -2.92. The molecule has 0 heterocycles. The standard InChI is InChI=1S/C13H18ClNO2S/c1-9(8-18(2,16)17)15-13-6-10-3-4-12(14)5-11(10)7-13/h3-5,9,13,15H,6-8H2,1-2H3. The van der Waals surface area contributed by atoms with Gasteiger partial charge in [0.25, 0.3) is 0 Å². The van der Waals surface area contributed by atoms with Crippen molar-refractivity contribution >= 4 is 21.4 Å². The van der Waals surface area contributed by atoms with E-state index < -0.39 is 9.84 Å². The van der Waals surface area contributed by atoms with E-state index in [0.717, 1.165) is 17.9 Å². The van der Waals surface area contributed by atoms with E-state index in [1.807, 2.05) is 19.1 Å². The van der Waals surface area contributed by atoms with E-state index >= 15 is 0 Å². The molecule has 5 heteroatoms. The zero-order valence-corrected chi connectivity index (χ0v) is 12.2. The molecule has 100 valence electrons. The smallest absolute Gasteiger partial charge is 0.148 e. The summed E-state index contributed by atoms with van der Waals surface area (Å²) in [5, 5.41) is 4.14. The predicted molar refractivity (Wildman–Crippen MR) is 75.0 cm³/mol. The van der Waals surface area contributed by atoms with Gasteiger partial charge in [-0.2, -0.15) is 0 Å². The number of rotatable bonds is 4. The van der Waals surface area contributed by atoms with Crippen LogP contribution in [-0.2, 0) is 22.7 Å². The molecule has 0 fully saturated rings. The first-order valence-electron chi connectivity index (χ1n) is 6.04. The first kappa shape index (κ1) is 13.8. The van der Waals surface area contributed by atoms with Crippen molar-refractivity contribution in [1.29, 1.82) is 0 Å². The second-order valence-electron chi connectivity index (χ2n) is 5.18. The molecule has 0 spiro atoms. The number of sulfone groups is 1. The zero-order chi connectivity index (χ0) is 13.3. The number of nitrogens with one attached hydrogen (secondary N) is 1. The fourth-order valence-corrected chi connectivity index (χ4v) is 3.81. The van der Waals surface area contributed by atoms with Gasteiger partial charge in [0.15, 0.2) is 0 Å². The van der Waals surface area contributed by atoms with E-state index in [0.29, 0.717) is 6.04 Å². The predicted octanol–water partition coefficient (Wildman–Crippen LogP) is 1.83. The van der Waals surface area contributed by atoms with Crippen LogP contribution in [0.15, 0.2) is 18.2 Å². The van der Waals surface area contributed by atoms with Crippen LogP contribution >= 0.6 is 11.6 Å². The summed E-state index contributed by atoms with van der Waals surface area (Å²) < 4.78 is 22.4. The molecule has 0 aliphatic heterocycles. The summed E-state index contributed by atoms with van der Waals surface area (Å²) in [5.74, 6) is 0.181. The van der Waals surface area contributed by atoms with Crippen LogP contribution < -0.4 is 5.32 Å². The molecule has 1 aromatic rings. The van der Waals surface area contributed by atoms with E-state index in [1.165, 1.54) is 17.4 Å². The maximum Gasteiger partial charge on any atom is 0.148 e. The first-order valence-corrected chi connectivity index (χ1v) is 8.48. The third-order valence-corrected chi connectivity index (χ3v) is 4.51. The summed E-state index contributed by atoms with van der Waals surface area (Å²) in [5.41, 5.74) is 2.58. The van der Waals surface area contributed by atoms with Crippen LogP contribution in [0.4, 0.5) is 0 Å². The van der Waals surface area contributed by atoms with Crippen LogP contribution in [0.3, 0.4) is 0 Å². The summed E-state index contributed by atoms with van der Waals surface area (Å²) in [6.45, 7) is 1.91. The van der Waals surface area contributed by atoms with E-state index in [4.69, 9.17) is 11.6 Å². The molecule has 1 N–H and O–H groups in total. The molecule has 1 aromatic carbocycles. The van der Waals surface area contributed by atoms with E-state index in [2.05, 4.69) is 11.4 Å². The Hall–Kier alpha value is -0.580. The minimum atomic E-state index is -2.92. The molecule has 18 heavy (non-hydrogen) atoms. The zero-order valence-electron chi connectivity index (χ0n) is 10.6. The molecule has 0 bridgehead atoms. The van der Waals surface area contributed by atoms with Crippen LogP contribution in [0, 0.1) is 0 Å². The topological polar surface area (TPSA) is 46.2 Å². The average molecular weight is 288 g/mol. The molecule has 0 saturated heterocycles. The van der Waals surface area contributed by atoms with Crippen molar-refractivity contribution < 1.29 is 8.42 Å². The Kier molecular flexibility index (Phi) is 3.99. The van der Waals surface area contributed by atoms with Crippen molar-refractivity contribution in [3.63, 3.8) is 0 Å². The highest BCUT2D eigenvalue weighted by Gasteiger charge is 2.23. The third kappa shape index (κ3) is 3.70. The van der Waals surface area contributed by atoms with Crippen molar-refractivity contribution in [3.8, 4) is 0 Å². The number of hydrogen-bond acceptors (Lipinski definition) is 3. The van der Waals surface area contributed by atoms with Crippen LogP contribution in [0.2, 0.25) is 5.02 Å². The van der Waals surface area contributed by atoms with Gasteiger partial charge in [0.05, 0.1) is 5.75 Å². The van der Waals surface area contributed by atoms with Crippen molar-refractivity contribution in [2.24, 2.45) is 0 Å². The fourth-order valence-electron chi connectivity index (χ4n) is 2.61. The molecule has 0 saturated carbocycles. The largest absolute Gasteiger partial charge is 0.310 e. The minimum absolute atomic E-state index is 0.0187. The molecule has 0 amide bonds. The molecule has 2 unspecified atom stereocenters. The highest BCUT2D eigenvalue weighted by molar-refractivity contribution is 7.90. The normalized spacial score (nSPS) is 20.7. The molecular formula is C13H18ClNO2S. The van der Waals surface area contributed by atoms with Crippen LogP contribution in [0.25, 0.3) is 0 Å². The first-order chi connectivity index (χ1) is 8.33. The van der Waals surface area contributed by atoms with Gasteiger partial charge in [0.1, 0.15) is 9.84 Å². The maximum absolute atomic E-state index is 11.2. The molecular weight excluding hydrogens is 270 g/mol. The second-order valence-corrected chi connectivity index (χ2v) is 7.80. The summed E-state index contributed by atoms with van der Waals surface area (Å²) in [4.78, 5) is 0. The number of halogens is 1.